The van der Waals surface area contributed by atoms with E-state index in [1.807, 2.05) is 6.92 Å². The van der Waals surface area contributed by atoms with Crippen molar-refractivity contribution in [1.82, 2.24) is 25.6 Å². The normalized spacial score (nSPS) is 25.8. The number of amides is 4. The van der Waals surface area contributed by atoms with E-state index in [0.717, 1.165) is 0 Å². The fraction of sp³-hybridized carbons (Fsp3) is 0.381. The van der Waals surface area contributed by atoms with Crippen molar-refractivity contribution in [3.63, 3.8) is 0 Å². The van der Waals surface area contributed by atoms with Crippen molar-refractivity contribution >= 4 is 46.1 Å². The molecular weight excluding hydrogens is 471 g/mol. The summed E-state index contributed by atoms with van der Waals surface area (Å²) in [6.07, 6.45) is 1.81. The molecule has 6 rings (SSSR count). The summed E-state index contributed by atoms with van der Waals surface area (Å²) < 4.78 is 28.6. The van der Waals surface area contributed by atoms with Gasteiger partial charge in [0.1, 0.15) is 0 Å². The standard InChI is InChI=1S/C21H18ClFN6O5/c1-8-6-28-14-10(3-12-15(13(14)23)34-27-17(12)29-7-11(22)5-24-29)4-21(16(28)9(2)33-8)18(30)25-20(32)26-19(21)31/h3,5,7-9,16H,4,6H2,1-2H3,(H2,25,26,30,31,32)/t8-,9+,16-/m0/s1. The Morgan fingerprint density at radius 2 is 1.97 bits per heavy atom. The predicted molar refractivity (Wildman–Crippen MR) is 115 cm³/mol. The van der Waals surface area contributed by atoms with Gasteiger partial charge in [0.25, 0.3) is 0 Å². The highest BCUT2D eigenvalue weighted by atomic mass is 35.5. The van der Waals surface area contributed by atoms with E-state index in [1.165, 1.54) is 17.1 Å². The average Bonchev–Trinajstić information content (AvgIpc) is 3.37. The van der Waals surface area contributed by atoms with E-state index in [4.69, 9.17) is 20.9 Å². The van der Waals surface area contributed by atoms with Gasteiger partial charge in [-0.15, -0.1) is 0 Å². The summed E-state index contributed by atoms with van der Waals surface area (Å²) in [6.45, 7) is 3.76. The largest absolute Gasteiger partial charge is 0.372 e. The van der Waals surface area contributed by atoms with Crippen LogP contribution in [0.3, 0.4) is 0 Å². The second-order valence-corrected chi connectivity index (χ2v) is 9.26. The smallest absolute Gasteiger partial charge is 0.328 e. The van der Waals surface area contributed by atoms with Gasteiger partial charge >= 0.3 is 6.03 Å². The van der Waals surface area contributed by atoms with Crippen LogP contribution in [0.5, 0.6) is 0 Å². The summed E-state index contributed by atoms with van der Waals surface area (Å²) in [6, 6.07) is -0.118. The van der Waals surface area contributed by atoms with E-state index in [0.29, 0.717) is 16.0 Å². The SMILES string of the molecule is C[C@H]1CN2c3c(cc4c(-n5cc(Cl)cn5)noc4c3F)CC3(C(=O)NC(=O)NC3=O)[C@@H]2[C@@H](C)O1. The highest BCUT2D eigenvalue weighted by Crippen LogP contribution is 2.49. The van der Waals surface area contributed by atoms with Crippen LogP contribution in [0.4, 0.5) is 14.9 Å². The summed E-state index contributed by atoms with van der Waals surface area (Å²) in [5, 5.41) is 13.1. The van der Waals surface area contributed by atoms with Crippen molar-refractivity contribution in [2.24, 2.45) is 5.41 Å². The van der Waals surface area contributed by atoms with Crippen molar-refractivity contribution in [2.45, 2.75) is 38.5 Å². The monoisotopic (exact) mass is 488 g/mol. The third kappa shape index (κ3) is 2.69. The van der Waals surface area contributed by atoms with Crippen LogP contribution in [-0.4, -0.2) is 57.6 Å². The van der Waals surface area contributed by atoms with Gasteiger partial charge in [0.05, 0.1) is 46.7 Å². The Hall–Kier alpha value is -3.51. The Morgan fingerprint density at radius 1 is 1.24 bits per heavy atom. The number of imide groups is 2. The number of aromatic nitrogens is 3. The zero-order valence-electron chi connectivity index (χ0n) is 18.0. The zero-order valence-corrected chi connectivity index (χ0v) is 18.7. The summed E-state index contributed by atoms with van der Waals surface area (Å²) >= 11 is 5.97. The van der Waals surface area contributed by atoms with Gasteiger partial charge < -0.3 is 14.2 Å². The number of carbonyl (C=O) groups is 3. The van der Waals surface area contributed by atoms with Gasteiger partial charge in [-0.25, -0.2) is 13.9 Å². The molecule has 2 fully saturated rings. The number of barbiturate groups is 1. The van der Waals surface area contributed by atoms with Gasteiger partial charge in [0.2, 0.25) is 23.2 Å². The minimum Gasteiger partial charge on any atom is -0.372 e. The first kappa shape index (κ1) is 21.1. The first-order chi connectivity index (χ1) is 16.2. The topological polar surface area (TPSA) is 132 Å². The summed E-state index contributed by atoms with van der Waals surface area (Å²) in [4.78, 5) is 40.0. The number of ether oxygens (including phenoxy) is 1. The highest BCUT2D eigenvalue weighted by molar-refractivity contribution is 6.30. The van der Waals surface area contributed by atoms with Gasteiger partial charge in [-0.3, -0.25) is 20.2 Å². The first-order valence-corrected chi connectivity index (χ1v) is 11.0. The number of nitrogens with zero attached hydrogens (tertiary/aromatic N) is 4. The summed E-state index contributed by atoms with van der Waals surface area (Å²) in [5.74, 6) is -1.97. The van der Waals surface area contributed by atoms with Crippen LogP contribution < -0.4 is 15.5 Å². The molecule has 2 aromatic heterocycles. The fourth-order valence-corrected chi connectivity index (χ4v) is 5.65. The van der Waals surface area contributed by atoms with Crippen LogP contribution in [0, 0.1) is 11.2 Å². The number of carbonyl (C=O) groups excluding carboxylic acids is 3. The lowest BCUT2D eigenvalue weighted by Crippen LogP contribution is -2.75. The molecule has 13 heteroatoms. The van der Waals surface area contributed by atoms with E-state index in [9.17, 15) is 14.4 Å². The molecular formula is C21H18ClFN6O5. The molecule has 3 aromatic rings. The second-order valence-electron chi connectivity index (χ2n) is 8.82. The predicted octanol–water partition coefficient (Wildman–Crippen LogP) is 1.70. The van der Waals surface area contributed by atoms with Gasteiger partial charge in [0.15, 0.2) is 11.2 Å². The zero-order chi connectivity index (χ0) is 23.9. The third-order valence-electron chi connectivity index (χ3n) is 6.71. The van der Waals surface area contributed by atoms with Crippen LogP contribution in [0.1, 0.15) is 19.4 Å². The van der Waals surface area contributed by atoms with Gasteiger partial charge in [-0.1, -0.05) is 16.8 Å². The van der Waals surface area contributed by atoms with Crippen LogP contribution in [0.2, 0.25) is 5.02 Å². The fourth-order valence-electron chi connectivity index (χ4n) is 5.52. The lowest BCUT2D eigenvalue weighted by Gasteiger charge is -2.55. The average molecular weight is 489 g/mol. The Labute approximate surface area is 196 Å². The van der Waals surface area contributed by atoms with Crippen molar-refractivity contribution in [3.05, 3.63) is 34.9 Å². The Balaban J connectivity index is 1.60. The minimum atomic E-state index is -1.72. The molecule has 11 nitrogen and oxygen atoms in total. The Bertz CT molecular complexity index is 1380. The molecule has 3 atom stereocenters. The molecule has 4 amide bonds. The van der Waals surface area contributed by atoms with Gasteiger partial charge in [0, 0.05) is 13.0 Å². The maximum atomic E-state index is 16.0. The number of anilines is 1. The van der Waals surface area contributed by atoms with Crippen LogP contribution in [0.25, 0.3) is 16.8 Å². The van der Waals surface area contributed by atoms with Crippen molar-refractivity contribution < 1.29 is 28.0 Å². The van der Waals surface area contributed by atoms with E-state index in [1.54, 1.807) is 17.9 Å². The Kier molecular flexibility index (Phi) is 4.33. The number of halogens is 2. The maximum absolute atomic E-state index is 16.0. The third-order valence-corrected chi connectivity index (χ3v) is 6.91. The molecule has 3 aliphatic rings. The summed E-state index contributed by atoms with van der Waals surface area (Å²) in [7, 11) is 0. The molecule has 5 heterocycles. The molecule has 2 N–H and O–H groups in total. The quantitative estimate of drug-likeness (QED) is 0.495. The van der Waals surface area contributed by atoms with Crippen molar-refractivity contribution in [3.8, 4) is 5.82 Å². The molecule has 0 aliphatic carbocycles. The molecule has 3 aliphatic heterocycles. The number of hydrogen-bond acceptors (Lipinski definition) is 8. The molecule has 176 valence electrons. The van der Waals surface area contributed by atoms with Crippen molar-refractivity contribution in [1.29, 1.82) is 0 Å². The number of benzene rings is 1. The number of morpholine rings is 1. The molecule has 1 aromatic carbocycles. The number of fused-ring (bicyclic) bond motifs is 5. The molecule has 2 saturated heterocycles. The highest BCUT2D eigenvalue weighted by Gasteiger charge is 2.63. The number of nitrogens with one attached hydrogen (secondary N) is 2. The molecule has 1 spiro atoms. The lowest BCUT2D eigenvalue weighted by atomic mass is 9.66. The molecule has 0 saturated carbocycles. The van der Waals surface area contributed by atoms with Gasteiger partial charge in [-0.05, 0) is 25.5 Å². The van der Waals surface area contributed by atoms with Crippen LogP contribution in [-0.2, 0) is 20.7 Å². The van der Waals surface area contributed by atoms with E-state index in [-0.39, 0.29) is 36.2 Å². The van der Waals surface area contributed by atoms with E-state index in [2.05, 4.69) is 20.9 Å². The lowest BCUT2D eigenvalue weighted by molar-refractivity contribution is -0.153. The van der Waals surface area contributed by atoms with E-state index >= 15 is 4.39 Å². The Morgan fingerprint density at radius 3 is 2.65 bits per heavy atom. The molecule has 0 radical (unpaired) electrons. The van der Waals surface area contributed by atoms with Crippen molar-refractivity contribution in [2.75, 3.05) is 11.4 Å². The number of rotatable bonds is 1. The number of urea groups is 1. The van der Waals surface area contributed by atoms with Gasteiger partial charge in [-0.2, -0.15) is 5.10 Å². The first-order valence-electron chi connectivity index (χ1n) is 10.6. The molecule has 34 heavy (non-hydrogen) atoms. The number of hydrogen-bond donors (Lipinski definition) is 2. The minimum absolute atomic E-state index is 0.0883. The molecule has 0 unspecified atom stereocenters. The van der Waals surface area contributed by atoms with Crippen LogP contribution in [0.15, 0.2) is 23.0 Å². The summed E-state index contributed by atoms with van der Waals surface area (Å²) in [5.41, 5.74) is -1.20. The van der Waals surface area contributed by atoms with Crippen LogP contribution >= 0.6 is 11.6 Å². The van der Waals surface area contributed by atoms with E-state index < -0.39 is 41.2 Å². The maximum Gasteiger partial charge on any atom is 0.328 e. The molecule has 0 bridgehead atoms. The second kappa shape index (κ2) is 7.00.